The number of benzene rings is 1. The van der Waals surface area contributed by atoms with E-state index in [1.54, 1.807) is 25.4 Å². The van der Waals surface area contributed by atoms with Crippen molar-refractivity contribution < 1.29 is 8.42 Å². The van der Waals surface area contributed by atoms with Crippen LogP contribution in [0.5, 0.6) is 0 Å². The molecule has 0 saturated carbocycles. The van der Waals surface area contributed by atoms with Crippen molar-refractivity contribution in [3.8, 4) is 0 Å². The number of pyridine rings is 1. The molecule has 1 unspecified atom stereocenters. The SMILES string of the molecule is Cc1cnc2c(S(=O)(=O)N(C)CCC(N)C(C)C)cccc2c1.Cl. The topological polar surface area (TPSA) is 76.3 Å². The van der Waals surface area contributed by atoms with E-state index in [1.807, 2.05) is 32.9 Å². The van der Waals surface area contributed by atoms with Crippen LogP contribution >= 0.6 is 12.4 Å². The zero-order chi connectivity index (χ0) is 17.2. The Kier molecular flexibility index (Phi) is 7.16. The van der Waals surface area contributed by atoms with Gasteiger partial charge < -0.3 is 5.73 Å². The van der Waals surface area contributed by atoms with Gasteiger partial charge in [-0.15, -0.1) is 12.4 Å². The van der Waals surface area contributed by atoms with Crippen molar-refractivity contribution in [2.75, 3.05) is 13.6 Å². The molecule has 0 fully saturated rings. The van der Waals surface area contributed by atoms with Crippen LogP contribution in [0.3, 0.4) is 0 Å². The molecule has 2 rings (SSSR count). The monoisotopic (exact) mass is 371 g/mol. The number of rotatable bonds is 6. The summed E-state index contributed by atoms with van der Waals surface area (Å²) in [5, 5.41) is 0.832. The van der Waals surface area contributed by atoms with Gasteiger partial charge in [-0.1, -0.05) is 26.0 Å². The molecule has 1 atom stereocenters. The van der Waals surface area contributed by atoms with E-state index in [1.165, 1.54) is 4.31 Å². The molecule has 24 heavy (non-hydrogen) atoms. The summed E-state index contributed by atoms with van der Waals surface area (Å²) < 4.78 is 27.1. The van der Waals surface area contributed by atoms with Crippen molar-refractivity contribution >= 4 is 33.3 Å². The number of nitrogens with zero attached hydrogens (tertiary/aromatic N) is 2. The van der Waals surface area contributed by atoms with Crippen LogP contribution < -0.4 is 5.73 Å². The normalized spacial score (nSPS) is 13.3. The van der Waals surface area contributed by atoms with E-state index in [-0.39, 0.29) is 23.3 Å². The highest BCUT2D eigenvalue weighted by Crippen LogP contribution is 2.24. The molecule has 0 aliphatic carbocycles. The summed E-state index contributed by atoms with van der Waals surface area (Å²) in [5.74, 6) is 0.327. The summed E-state index contributed by atoms with van der Waals surface area (Å²) in [6.45, 7) is 6.41. The van der Waals surface area contributed by atoms with Crippen molar-refractivity contribution in [2.45, 2.75) is 38.1 Å². The Labute approximate surface area is 150 Å². The highest BCUT2D eigenvalue weighted by atomic mass is 35.5. The average molecular weight is 372 g/mol. The quantitative estimate of drug-likeness (QED) is 0.846. The van der Waals surface area contributed by atoms with Crippen LogP contribution in [0.25, 0.3) is 10.9 Å². The molecule has 5 nitrogen and oxygen atoms in total. The molecule has 0 saturated heterocycles. The number of aromatic nitrogens is 1. The van der Waals surface area contributed by atoms with Gasteiger partial charge in [-0.25, -0.2) is 12.7 Å². The van der Waals surface area contributed by atoms with E-state index >= 15 is 0 Å². The van der Waals surface area contributed by atoms with Crippen molar-refractivity contribution in [1.82, 2.24) is 9.29 Å². The summed E-state index contributed by atoms with van der Waals surface area (Å²) in [6, 6.07) is 7.17. The lowest BCUT2D eigenvalue weighted by atomic mass is 10.0. The zero-order valence-electron chi connectivity index (χ0n) is 14.6. The van der Waals surface area contributed by atoms with E-state index in [0.717, 1.165) is 10.9 Å². The molecule has 0 spiro atoms. The molecule has 2 aromatic rings. The van der Waals surface area contributed by atoms with E-state index in [4.69, 9.17) is 5.73 Å². The van der Waals surface area contributed by atoms with Crippen molar-refractivity contribution in [3.05, 3.63) is 36.0 Å². The summed E-state index contributed by atoms with van der Waals surface area (Å²) in [6.07, 6.45) is 2.32. The van der Waals surface area contributed by atoms with E-state index in [2.05, 4.69) is 4.98 Å². The van der Waals surface area contributed by atoms with Crippen LogP contribution in [-0.2, 0) is 10.0 Å². The van der Waals surface area contributed by atoms with Gasteiger partial charge in [0.2, 0.25) is 10.0 Å². The van der Waals surface area contributed by atoms with Gasteiger partial charge in [-0.05, 0) is 37.0 Å². The highest BCUT2D eigenvalue weighted by molar-refractivity contribution is 7.89. The molecule has 1 aromatic heterocycles. The fraction of sp³-hybridized carbons (Fsp3) is 0.471. The maximum Gasteiger partial charge on any atom is 0.244 e. The standard InChI is InChI=1S/C17H25N3O2S.ClH/c1-12(2)15(18)8-9-20(4)23(21,22)16-7-5-6-14-10-13(3)11-19-17(14)16;/h5-7,10-12,15H,8-9,18H2,1-4H3;1H. The number of sulfonamides is 1. The van der Waals surface area contributed by atoms with Crippen molar-refractivity contribution in [3.63, 3.8) is 0 Å². The molecule has 7 heteroatoms. The number of aryl methyl sites for hydroxylation is 1. The van der Waals surface area contributed by atoms with Crippen molar-refractivity contribution in [2.24, 2.45) is 11.7 Å². The minimum Gasteiger partial charge on any atom is -0.327 e. The van der Waals surface area contributed by atoms with Gasteiger partial charge in [-0.3, -0.25) is 4.98 Å². The molecule has 0 aliphatic heterocycles. The predicted molar refractivity (Wildman–Crippen MR) is 101 cm³/mol. The number of hydrogen-bond acceptors (Lipinski definition) is 4. The fourth-order valence-electron chi connectivity index (χ4n) is 2.40. The first-order chi connectivity index (χ1) is 10.7. The van der Waals surface area contributed by atoms with Crippen LogP contribution in [0.4, 0.5) is 0 Å². The molecule has 0 bridgehead atoms. The van der Waals surface area contributed by atoms with Crippen molar-refractivity contribution in [1.29, 1.82) is 0 Å². The second-order valence-electron chi connectivity index (χ2n) is 6.36. The van der Waals surface area contributed by atoms with Crippen LogP contribution in [0.2, 0.25) is 0 Å². The lowest BCUT2D eigenvalue weighted by Gasteiger charge is -2.21. The van der Waals surface area contributed by atoms with Gasteiger partial charge in [0.15, 0.2) is 0 Å². The second-order valence-corrected chi connectivity index (χ2v) is 8.38. The van der Waals surface area contributed by atoms with Crippen LogP contribution in [0.15, 0.2) is 35.4 Å². The fourth-order valence-corrected chi connectivity index (χ4v) is 3.75. The van der Waals surface area contributed by atoms with E-state index in [0.29, 0.717) is 24.4 Å². The minimum atomic E-state index is -3.58. The molecule has 0 amide bonds. The predicted octanol–water partition coefficient (Wildman–Crippen LogP) is 2.96. The molecule has 1 heterocycles. The number of nitrogens with two attached hydrogens (primary N) is 1. The lowest BCUT2D eigenvalue weighted by Crippen LogP contribution is -2.34. The van der Waals surface area contributed by atoms with Gasteiger partial charge in [0, 0.05) is 31.2 Å². The Hall–Kier alpha value is -1.21. The third-order valence-corrected chi connectivity index (χ3v) is 6.02. The molecule has 0 radical (unpaired) electrons. The minimum absolute atomic E-state index is 0. The summed E-state index contributed by atoms with van der Waals surface area (Å²) in [4.78, 5) is 4.57. The maximum absolute atomic E-state index is 12.9. The van der Waals surface area contributed by atoms with Gasteiger partial charge in [0.1, 0.15) is 4.90 Å². The Morgan fingerprint density at radius 1 is 1.29 bits per heavy atom. The Morgan fingerprint density at radius 3 is 2.58 bits per heavy atom. The third-order valence-electron chi connectivity index (χ3n) is 4.13. The third kappa shape index (κ3) is 4.45. The molecule has 134 valence electrons. The average Bonchev–Trinajstić information content (AvgIpc) is 2.50. The first-order valence-corrected chi connectivity index (χ1v) is 9.24. The first kappa shape index (κ1) is 20.8. The summed E-state index contributed by atoms with van der Waals surface area (Å²) in [7, 11) is -1.99. The van der Waals surface area contributed by atoms with Gasteiger partial charge in [0.25, 0.3) is 0 Å². The van der Waals surface area contributed by atoms with E-state index in [9.17, 15) is 8.42 Å². The molecular formula is C17H26ClN3O2S. The van der Waals surface area contributed by atoms with E-state index < -0.39 is 10.0 Å². The lowest BCUT2D eigenvalue weighted by molar-refractivity contribution is 0.398. The maximum atomic E-state index is 12.9. The second kappa shape index (κ2) is 8.25. The Balaban J connectivity index is 0.00000288. The van der Waals surface area contributed by atoms with Gasteiger partial charge in [-0.2, -0.15) is 0 Å². The van der Waals surface area contributed by atoms with Crippen LogP contribution in [0, 0.1) is 12.8 Å². The zero-order valence-corrected chi connectivity index (χ0v) is 16.2. The number of halogens is 1. The Bertz CT molecular complexity index is 794. The molecular weight excluding hydrogens is 346 g/mol. The van der Waals surface area contributed by atoms with Gasteiger partial charge >= 0.3 is 0 Å². The molecule has 0 aliphatic rings. The summed E-state index contributed by atoms with van der Waals surface area (Å²) >= 11 is 0. The molecule has 2 N–H and O–H groups in total. The van der Waals surface area contributed by atoms with Gasteiger partial charge in [0.05, 0.1) is 5.52 Å². The highest BCUT2D eigenvalue weighted by Gasteiger charge is 2.24. The first-order valence-electron chi connectivity index (χ1n) is 7.80. The van der Waals surface area contributed by atoms with Crippen LogP contribution in [0.1, 0.15) is 25.8 Å². The Morgan fingerprint density at radius 2 is 1.96 bits per heavy atom. The smallest absolute Gasteiger partial charge is 0.244 e. The number of hydrogen-bond donors (Lipinski definition) is 1. The largest absolute Gasteiger partial charge is 0.327 e. The number of fused-ring (bicyclic) bond motifs is 1. The summed E-state index contributed by atoms with van der Waals surface area (Å²) in [5.41, 5.74) is 7.54. The number of para-hydroxylation sites is 1. The van der Waals surface area contributed by atoms with Crippen LogP contribution in [-0.4, -0.2) is 37.3 Å². The molecule has 1 aromatic carbocycles.